The van der Waals surface area contributed by atoms with Gasteiger partial charge in [0, 0.05) is 48.8 Å². The SMILES string of the molecule is CN(CCCC(=O)N1CCC(C(=O)N=C2C=CC(=O)C=C2)CC1)c1cc(/C=C2\Sc3ccccc3N2C)c2ccccc2[n+]1-c1ccccc1. The van der Waals surface area contributed by atoms with E-state index in [2.05, 4.69) is 118 Å². The highest BCUT2D eigenvalue weighted by Crippen LogP contribution is 2.45. The number of benzene rings is 3. The summed E-state index contributed by atoms with van der Waals surface area (Å²) in [5.41, 5.74) is 5.03. The van der Waals surface area contributed by atoms with Gasteiger partial charge in [0.2, 0.25) is 11.8 Å². The maximum Gasteiger partial charge on any atom is 0.282 e. The molecule has 50 heavy (non-hydrogen) atoms. The number of ketones is 1. The molecule has 0 radical (unpaired) electrons. The normalized spacial score (nSPS) is 16.7. The van der Waals surface area contributed by atoms with E-state index < -0.39 is 0 Å². The summed E-state index contributed by atoms with van der Waals surface area (Å²) in [7, 11) is 4.22. The highest BCUT2D eigenvalue weighted by Gasteiger charge is 2.29. The summed E-state index contributed by atoms with van der Waals surface area (Å²) in [6, 6.07) is 29.7. The van der Waals surface area contributed by atoms with Crippen molar-refractivity contribution >= 4 is 63.6 Å². The molecule has 1 aromatic heterocycles. The molecule has 2 aliphatic heterocycles. The van der Waals surface area contributed by atoms with Crippen LogP contribution in [0.25, 0.3) is 22.7 Å². The second-order valence-electron chi connectivity index (χ2n) is 12.9. The zero-order chi connectivity index (χ0) is 34.6. The lowest BCUT2D eigenvalue weighted by atomic mass is 9.95. The summed E-state index contributed by atoms with van der Waals surface area (Å²) in [4.78, 5) is 49.2. The number of aromatic nitrogens is 1. The molecule has 0 spiro atoms. The molecule has 0 unspecified atom stereocenters. The summed E-state index contributed by atoms with van der Waals surface area (Å²) in [6.07, 6.45) is 10.6. The summed E-state index contributed by atoms with van der Waals surface area (Å²) in [5.74, 6) is 0.664. The van der Waals surface area contributed by atoms with Crippen LogP contribution >= 0.6 is 11.8 Å². The number of anilines is 2. The maximum absolute atomic E-state index is 13.3. The summed E-state index contributed by atoms with van der Waals surface area (Å²) >= 11 is 1.79. The number of piperidine rings is 1. The lowest BCUT2D eigenvalue weighted by molar-refractivity contribution is -0.553. The van der Waals surface area contributed by atoms with E-state index in [1.165, 1.54) is 27.8 Å². The number of rotatable bonds is 8. The van der Waals surface area contributed by atoms with Gasteiger partial charge in [-0.3, -0.25) is 19.3 Å². The van der Waals surface area contributed by atoms with Crippen LogP contribution in [0, 0.1) is 5.92 Å². The summed E-state index contributed by atoms with van der Waals surface area (Å²) in [6.45, 7) is 1.79. The maximum atomic E-state index is 13.3. The third-order valence-electron chi connectivity index (χ3n) is 9.58. The Labute approximate surface area is 297 Å². The molecule has 3 aromatic carbocycles. The predicted octanol–water partition coefficient (Wildman–Crippen LogP) is 6.77. The van der Waals surface area contributed by atoms with Crippen LogP contribution in [0.2, 0.25) is 0 Å². The zero-order valence-corrected chi connectivity index (χ0v) is 29.2. The lowest BCUT2D eigenvalue weighted by Gasteiger charge is -2.30. The molecule has 0 bridgehead atoms. The average Bonchev–Trinajstić information content (AvgIpc) is 3.47. The van der Waals surface area contributed by atoms with Gasteiger partial charge >= 0.3 is 0 Å². The molecular weight excluding hydrogens is 643 g/mol. The molecule has 0 atom stereocenters. The van der Waals surface area contributed by atoms with Gasteiger partial charge in [-0.2, -0.15) is 4.57 Å². The van der Waals surface area contributed by atoms with E-state index in [0.29, 0.717) is 51.0 Å². The van der Waals surface area contributed by atoms with Gasteiger partial charge in [0.05, 0.1) is 30.0 Å². The molecule has 252 valence electrons. The molecule has 4 aromatic rings. The number of pyridine rings is 1. The Hall–Kier alpha value is -5.28. The molecule has 1 fully saturated rings. The van der Waals surface area contributed by atoms with E-state index in [0.717, 1.165) is 28.0 Å². The standard InChI is InChI=1S/C41H40N5O3S/c1-43(24-10-17-39(48)45-25-22-29(23-26-45)41(49)42-31-18-20-33(47)21-19-31)38-27-30(28-40-44(2)36-15-8-9-16-37(36)50-40)34-13-6-7-14-35(34)46(38)32-11-4-3-5-12-32/h3-9,11-16,18-21,27-29H,10,17,22-26H2,1-2H3/q+1. The molecule has 3 aliphatic rings. The lowest BCUT2D eigenvalue weighted by Crippen LogP contribution is -2.41. The number of thioether (sulfide) groups is 1. The van der Waals surface area contributed by atoms with Crippen molar-refractivity contribution in [2.45, 2.75) is 30.6 Å². The molecule has 2 amide bonds. The molecule has 8 nitrogen and oxygen atoms in total. The van der Waals surface area contributed by atoms with Gasteiger partial charge in [0.1, 0.15) is 11.2 Å². The molecular formula is C41H40N5O3S+. The van der Waals surface area contributed by atoms with Crippen molar-refractivity contribution < 1.29 is 19.0 Å². The number of nitrogens with zero attached hydrogens (tertiary/aromatic N) is 5. The quantitative estimate of drug-likeness (QED) is 0.151. The van der Waals surface area contributed by atoms with Gasteiger partial charge < -0.3 is 9.80 Å². The predicted molar refractivity (Wildman–Crippen MR) is 202 cm³/mol. The minimum Gasteiger partial charge on any atom is -0.343 e. The first kappa shape index (κ1) is 33.2. The van der Waals surface area contributed by atoms with Crippen LogP contribution in [0.15, 0.2) is 124 Å². The Bertz CT molecular complexity index is 2060. The Kier molecular flexibility index (Phi) is 9.76. The largest absolute Gasteiger partial charge is 0.343 e. The van der Waals surface area contributed by atoms with Gasteiger partial charge in [-0.05, 0) is 85.5 Å². The average molecular weight is 683 g/mol. The molecule has 0 saturated carbocycles. The third kappa shape index (κ3) is 7.05. The Balaban J connectivity index is 1.06. The topological polar surface area (TPSA) is 77.2 Å². The van der Waals surface area contributed by atoms with Crippen LogP contribution in [-0.2, 0) is 14.4 Å². The highest BCUT2D eigenvalue weighted by atomic mass is 32.2. The zero-order valence-electron chi connectivity index (χ0n) is 28.4. The smallest absolute Gasteiger partial charge is 0.282 e. The van der Waals surface area contributed by atoms with E-state index in [9.17, 15) is 14.4 Å². The number of aliphatic imine (C=N–C) groups is 1. The fraction of sp³-hybridized carbons (Fsp3) is 0.244. The van der Waals surface area contributed by atoms with E-state index in [1.54, 1.807) is 23.9 Å². The second kappa shape index (κ2) is 14.7. The van der Waals surface area contributed by atoms with Gasteiger partial charge in [-0.15, -0.1) is 0 Å². The molecule has 0 N–H and O–H groups in total. The molecule has 9 heteroatoms. The Morgan fingerprint density at radius 3 is 2.40 bits per heavy atom. The number of hydrogen-bond donors (Lipinski definition) is 0. The van der Waals surface area contributed by atoms with Gasteiger partial charge in [-0.1, -0.05) is 60.3 Å². The molecule has 3 heterocycles. The van der Waals surface area contributed by atoms with Crippen molar-refractivity contribution in [1.82, 2.24) is 4.90 Å². The third-order valence-corrected chi connectivity index (χ3v) is 10.7. The molecule has 7 rings (SSSR count). The van der Waals surface area contributed by atoms with Crippen molar-refractivity contribution in [3.05, 3.63) is 120 Å². The van der Waals surface area contributed by atoms with Gasteiger partial charge in [-0.25, -0.2) is 4.99 Å². The number of carbonyl (C=O) groups is 3. The number of carbonyl (C=O) groups excluding carboxylic acids is 3. The van der Waals surface area contributed by atoms with Crippen molar-refractivity contribution in [3.63, 3.8) is 0 Å². The Morgan fingerprint density at radius 1 is 0.940 bits per heavy atom. The van der Waals surface area contributed by atoms with Gasteiger partial charge in [0.15, 0.2) is 5.78 Å². The van der Waals surface area contributed by atoms with Crippen LogP contribution in [0.5, 0.6) is 0 Å². The van der Waals surface area contributed by atoms with Crippen LogP contribution in [-0.4, -0.2) is 61.9 Å². The fourth-order valence-electron chi connectivity index (χ4n) is 6.80. The van der Waals surface area contributed by atoms with Crippen LogP contribution in [0.3, 0.4) is 0 Å². The molecule has 1 saturated heterocycles. The first-order chi connectivity index (χ1) is 24.4. The number of likely N-dealkylation sites (tertiary alicyclic amines) is 1. The van der Waals surface area contributed by atoms with Crippen LogP contribution in [0.4, 0.5) is 11.5 Å². The minimum absolute atomic E-state index is 0.109. The minimum atomic E-state index is -0.209. The number of fused-ring (bicyclic) bond motifs is 2. The monoisotopic (exact) mass is 682 g/mol. The Morgan fingerprint density at radius 2 is 1.64 bits per heavy atom. The van der Waals surface area contributed by atoms with Crippen LogP contribution in [0.1, 0.15) is 31.2 Å². The number of hydrogen-bond acceptors (Lipinski definition) is 6. The van der Waals surface area contributed by atoms with Gasteiger partial charge in [0.25, 0.3) is 5.82 Å². The van der Waals surface area contributed by atoms with E-state index in [1.807, 2.05) is 11.0 Å². The highest BCUT2D eigenvalue weighted by molar-refractivity contribution is 8.03. The summed E-state index contributed by atoms with van der Waals surface area (Å²) < 4.78 is 2.31. The van der Waals surface area contributed by atoms with Crippen molar-refractivity contribution in [1.29, 1.82) is 0 Å². The number of allylic oxidation sites excluding steroid dienone is 4. The number of para-hydroxylation sites is 3. The van der Waals surface area contributed by atoms with E-state index >= 15 is 0 Å². The second-order valence-corrected chi connectivity index (χ2v) is 13.9. The van der Waals surface area contributed by atoms with Crippen molar-refractivity contribution in [3.8, 4) is 5.69 Å². The summed E-state index contributed by atoms with van der Waals surface area (Å²) in [5, 5.41) is 2.33. The first-order valence-corrected chi connectivity index (χ1v) is 17.9. The van der Waals surface area contributed by atoms with Crippen LogP contribution < -0.4 is 14.4 Å². The number of amides is 2. The fourth-order valence-corrected chi connectivity index (χ4v) is 7.90. The van der Waals surface area contributed by atoms with E-state index in [4.69, 9.17) is 0 Å². The van der Waals surface area contributed by atoms with Crippen molar-refractivity contribution in [2.75, 3.05) is 43.5 Å². The first-order valence-electron chi connectivity index (χ1n) is 17.1. The molecule has 1 aliphatic carbocycles. The van der Waals surface area contributed by atoms with E-state index in [-0.39, 0.29) is 23.5 Å². The van der Waals surface area contributed by atoms with Crippen molar-refractivity contribution in [2.24, 2.45) is 10.9 Å².